The molecule has 1 aromatic heterocycles. The number of rotatable bonds is 5. The number of sulfonamides is 1. The summed E-state index contributed by atoms with van der Waals surface area (Å²) in [5.41, 5.74) is 0.451. The van der Waals surface area contributed by atoms with Gasteiger partial charge >= 0.3 is 0 Å². The fourth-order valence-electron chi connectivity index (χ4n) is 1.74. The van der Waals surface area contributed by atoms with Crippen molar-refractivity contribution < 1.29 is 13.5 Å². The number of benzene rings is 1. The third-order valence-corrected chi connectivity index (χ3v) is 4.69. The molecule has 1 aromatic carbocycles. The Morgan fingerprint density at radius 2 is 2.15 bits per heavy atom. The smallest absolute Gasteiger partial charge is 0.241 e. The molecule has 0 bridgehead atoms. The Morgan fingerprint density at radius 3 is 2.85 bits per heavy atom. The van der Waals surface area contributed by atoms with E-state index >= 15 is 0 Å². The minimum atomic E-state index is -3.67. The quantitative estimate of drug-likeness (QED) is 0.882. The second-order valence-corrected chi connectivity index (χ2v) is 6.73. The lowest BCUT2D eigenvalue weighted by molar-refractivity contribution is 0.238. The Hall–Kier alpha value is -1.21. The summed E-state index contributed by atoms with van der Waals surface area (Å²) in [6.45, 7) is 1.85. The number of halogens is 1. The molecule has 1 atom stereocenters. The second kappa shape index (κ2) is 6.05. The van der Waals surface area contributed by atoms with Crippen molar-refractivity contribution in [3.8, 4) is 0 Å². The second-order valence-electron chi connectivity index (χ2n) is 4.58. The van der Waals surface area contributed by atoms with Crippen molar-refractivity contribution >= 4 is 32.5 Å². The number of aliphatic hydroxyl groups is 1. The third-order valence-electron chi connectivity index (χ3n) is 2.90. The van der Waals surface area contributed by atoms with Crippen LogP contribution in [0.5, 0.6) is 0 Å². The highest BCUT2D eigenvalue weighted by atomic mass is 35.5. The van der Waals surface area contributed by atoms with Crippen molar-refractivity contribution in [2.45, 2.75) is 11.8 Å². The summed E-state index contributed by atoms with van der Waals surface area (Å²) >= 11 is 6.02. The predicted molar refractivity (Wildman–Crippen MR) is 78.2 cm³/mol. The maximum atomic E-state index is 12.3. The summed E-state index contributed by atoms with van der Waals surface area (Å²) in [6, 6.07) is 6.30. The summed E-state index contributed by atoms with van der Waals surface area (Å²) in [4.78, 5) is 4.24. The Kier molecular flexibility index (Phi) is 4.59. The molecule has 0 spiro atoms. The molecule has 5 nitrogen and oxygen atoms in total. The van der Waals surface area contributed by atoms with Crippen LogP contribution in [0.25, 0.3) is 10.9 Å². The number of hydrogen-bond acceptors (Lipinski definition) is 4. The summed E-state index contributed by atoms with van der Waals surface area (Å²) in [6.07, 6.45) is 1.56. The molecular formula is C13H15ClN2O3S. The molecule has 0 aliphatic heterocycles. The molecule has 20 heavy (non-hydrogen) atoms. The van der Waals surface area contributed by atoms with Crippen LogP contribution in [0, 0.1) is 5.92 Å². The zero-order chi connectivity index (χ0) is 14.8. The Labute approximate surface area is 122 Å². The maximum Gasteiger partial charge on any atom is 0.241 e. The highest BCUT2D eigenvalue weighted by molar-refractivity contribution is 7.89. The molecule has 1 heterocycles. The van der Waals surface area contributed by atoms with Crippen LogP contribution in [0.2, 0.25) is 5.02 Å². The topological polar surface area (TPSA) is 79.3 Å². The van der Waals surface area contributed by atoms with Gasteiger partial charge in [-0.2, -0.15) is 0 Å². The summed E-state index contributed by atoms with van der Waals surface area (Å²) in [7, 11) is -3.67. The van der Waals surface area contributed by atoms with E-state index in [4.69, 9.17) is 16.7 Å². The standard InChI is InChI=1S/C13H15ClN2O3S/c1-9(8-17)7-16-20(18,19)12-5-4-11(14)13-10(12)3-2-6-15-13/h2-6,9,16-17H,7-8H2,1H3. The van der Waals surface area contributed by atoms with Crippen molar-refractivity contribution in [2.24, 2.45) is 5.92 Å². The number of aromatic nitrogens is 1. The fourth-order valence-corrected chi connectivity index (χ4v) is 3.32. The van der Waals surface area contributed by atoms with Crippen LogP contribution in [-0.4, -0.2) is 31.7 Å². The van der Waals surface area contributed by atoms with E-state index in [1.807, 2.05) is 0 Å². The number of nitrogens with one attached hydrogen (secondary N) is 1. The van der Waals surface area contributed by atoms with Gasteiger partial charge < -0.3 is 5.11 Å². The van der Waals surface area contributed by atoms with Gasteiger partial charge in [-0.25, -0.2) is 13.1 Å². The average molecular weight is 315 g/mol. The minimum Gasteiger partial charge on any atom is -0.396 e. The van der Waals surface area contributed by atoms with Crippen molar-refractivity contribution in [3.63, 3.8) is 0 Å². The van der Waals surface area contributed by atoms with Gasteiger partial charge in [0.15, 0.2) is 0 Å². The van der Waals surface area contributed by atoms with Crippen LogP contribution in [0.1, 0.15) is 6.92 Å². The van der Waals surface area contributed by atoms with E-state index in [9.17, 15) is 8.42 Å². The first-order chi connectivity index (χ1) is 9.45. The lowest BCUT2D eigenvalue weighted by Gasteiger charge is -2.12. The van der Waals surface area contributed by atoms with E-state index in [1.54, 1.807) is 25.3 Å². The normalized spacial score (nSPS) is 13.6. The van der Waals surface area contributed by atoms with Crippen LogP contribution in [-0.2, 0) is 10.0 Å². The number of pyridine rings is 1. The van der Waals surface area contributed by atoms with E-state index < -0.39 is 10.0 Å². The first kappa shape index (κ1) is 15.2. The van der Waals surface area contributed by atoms with Crippen LogP contribution in [0.15, 0.2) is 35.4 Å². The first-order valence-electron chi connectivity index (χ1n) is 6.09. The molecule has 2 rings (SSSR count). The molecule has 0 saturated heterocycles. The van der Waals surface area contributed by atoms with Crippen molar-refractivity contribution in [2.75, 3.05) is 13.2 Å². The number of nitrogens with zero attached hydrogens (tertiary/aromatic N) is 1. The van der Waals surface area contributed by atoms with Gasteiger partial charge in [0.05, 0.1) is 15.4 Å². The molecule has 7 heteroatoms. The Morgan fingerprint density at radius 1 is 1.40 bits per heavy atom. The minimum absolute atomic E-state index is 0.0779. The number of fused-ring (bicyclic) bond motifs is 1. The zero-order valence-electron chi connectivity index (χ0n) is 10.9. The average Bonchev–Trinajstić information content (AvgIpc) is 2.45. The molecule has 108 valence electrons. The molecule has 0 radical (unpaired) electrons. The molecule has 0 saturated carbocycles. The van der Waals surface area contributed by atoms with Crippen LogP contribution < -0.4 is 4.72 Å². The van der Waals surface area contributed by atoms with Crippen molar-refractivity contribution in [3.05, 3.63) is 35.5 Å². The lowest BCUT2D eigenvalue weighted by atomic mass is 10.2. The first-order valence-corrected chi connectivity index (χ1v) is 7.95. The fraction of sp³-hybridized carbons (Fsp3) is 0.308. The van der Waals surface area contributed by atoms with Gasteiger partial charge in [-0.3, -0.25) is 4.98 Å². The molecule has 0 fully saturated rings. The van der Waals surface area contributed by atoms with Crippen LogP contribution >= 0.6 is 11.6 Å². The predicted octanol–water partition coefficient (Wildman–Crippen LogP) is 1.79. The highest BCUT2D eigenvalue weighted by Gasteiger charge is 2.19. The maximum absolute atomic E-state index is 12.3. The van der Waals surface area contributed by atoms with Gasteiger partial charge in [-0.15, -0.1) is 0 Å². The monoisotopic (exact) mass is 314 g/mol. The van der Waals surface area contributed by atoms with Gasteiger partial charge in [0.25, 0.3) is 0 Å². The molecule has 0 amide bonds. The molecule has 0 aliphatic carbocycles. The van der Waals surface area contributed by atoms with Crippen LogP contribution in [0.3, 0.4) is 0 Å². The van der Waals surface area contributed by atoms with Crippen LogP contribution in [0.4, 0.5) is 0 Å². The van der Waals surface area contributed by atoms with Gasteiger partial charge in [-0.1, -0.05) is 18.5 Å². The van der Waals surface area contributed by atoms with Gasteiger partial charge in [0, 0.05) is 24.7 Å². The van der Waals surface area contributed by atoms with Crippen molar-refractivity contribution in [1.82, 2.24) is 9.71 Å². The number of aliphatic hydroxyl groups excluding tert-OH is 1. The Bertz CT molecular complexity index is 719. The van der Waals surface area contributed by atoms with E-state index in [1.165, 1.54) is 12.1 Å². The lowest BCUT2D eigenvalue weighted by Crippen LogP contribution is -2.29. The van der Waals surface area contributed by atoms with Crippen molar-refractivity contribution in [1.29, 1.82) is 0 Å². The van der Waals surface area contributed by atoms with E-state index in [2.05, 4.69) is 9.71 Å². The van der Waals surface area contributed by atoms with E-state index in [-0.39, 0.29) is 24.0 Å². The largest absolute Gasteiger partial charge is 0.396 e. The molecular weight excluding hydrogens is 300 g/mol. The van der Waals surface area contributed by atoms with E-state index in [0.29, 0.717) is 15.9 Å². The molecule has 0 aliphatic rings. The van der Waals surface area contributed by atoms with Gasteiger partial charge in [0.1, 0.15) is 0 Å². The summed E-state index contributed by atoms with van der Waals surface area (Å²) in [5.74, 6) is -0.151. The SMILES string of the molecule is CC(CO)CNS(=O)(=O)c1ccc(Cl)c2ncccc12. The molecule has 2 N–H and O–H groups in total. The highest BCUT2D eigenvalue weighted by Crippen LogP contribution is 2.27. The van der Waals surface area contributed by atoms with E-state index in [0.717, 1.165) is 0 Å². The Balaban J connectivity index is 2.45. The molecule has 2 aromatic rings. The van der Waals surface area contributed by atoms with Gasteiger partial charge in [-0.05, 0) is 30.2 Å². The third kappa shape index (κ3) is 3.09. The number of hydrogen-bond donors (Lipinski definition) is 2. The summed E-state index contributed by atoms with van der Waals surface area (Å²) in [5, 5.41) is 9.83. The summed E-state index contributed by atoms with van der Waals surface area (Å²) < 4.78 is 27.1. The van der Waals surface area contributed by atoms with Gasteiger partial charge in [0.2, 0.25) is 10.0 Å². The zero-order valence-corrected chi connectivity index (χ0v) is 12.4. The molecule has 1 unspecified atom stereocenters.